The second-order valence-electron chi connectivity index (χ2n) is 3.26. The van der Waals surface area contributed by atoms with E-state index in [1.807, 2.05) is 18.0 Å². The van der Waals surface area contributed by atoms with Crippen molar-refractivity contribution in [2.45, 2.75) is 18.8 Å². The van der Waals surface area contributed by atoms with Crippen LogP contribution in [0, 0.1) is 0 Å². The molecule has 3 nitrogen and oxygen atoms in total. The molecule has 2 rings (SSSR count). The lowest BCUT2D eigenvalue weighted by atomic mass is 10.1. The molecule has 0 aromatic carbocycles. The SMILES string of the molecule is NCCc1cnc(C2CCSC2)o1. The van der Waals surface area contributed by atoms with Crippen molar-refractivity contribution in [3.63, 3.8) is 0 Å². The molecule has 1 unspecified atom stereocenters. The van der Waals surface area contributed by atoms with E-state index in [9.17, 15) is 0 Å². The van der Waals surface area contributed by atoms with E-state index in [4.69, 9.17) is 10.2 Å². The summed E-state index contributed by atoms with van der Waals surface area (Å²) in [6.07, 6.45) is 3.81. The lowest BCUT2D eigenvalue weighted by Gasteiger charge is -2.00. The Kier molecular flexibility index (Phi) is 2.90. The van der Waals surface area contributed by atoms with Crippen molar-refractivity contribution < 1.29 is 4.42 Å². The summed E-state index contributed by atoms with van der Waals surface area (Å²) in [4.78, 5) is 4.28. The number of hydrogen-bond donors (Lipinski definition) is 1. The maximum atomic E-state index is 5.60. The van der Waals surface area contributed by atoms with Gasteiger partial charge < -0.3 is 10.2 Å². The average Bonchev–Trinajstić information content (AvgIpc) is 2.70. The van der Waals surface area contributed by atoms with E-state index in [-0.39, 0.29) is 0 Å². The van der Waals surface area contributed by atoms with E-state index in [1.54, 1.807) is 0 Å². The zero-order valence-corrected chi connectivity index (χ0v) is 8.35. The summed E-state index contributed by atoms with van der Waals surface area (Å²) in [5.41, 5.74) is 5.43. The lowest BCUT2D eigenvalue weighted by molar-refractivity contribution is 0.430. The summed E-state index contributed by atoms with van der Waals surface area (Å²) < 4.78 is 5.60. The fourth-order valence-electron chi connectivity index (χ4n) is 1.50. The van der Waals surface area contributed by atoms with Crippen LogP contribution in [0.4, 0.5) is 0 Å². The highest BCUT2D eigenvalue weighted by molar-refractivity contribution is 7.99. The average molecular weight is 198 g/mol. The summed E-state index contributed by atoms with van der Waals surface area (Å²) in [6.45, 7) is 0.633. The Morgan fingerprint density at radius 1 is 1.69 bits per heavy atom. The Balaban J connectivity index is 2.03. The summed E-state index contributed by atoms with van der Waals surface area (Å²) >= 11 is 1.97. The first kappa shape index (κ1) is 9.09. The second kappa shape index (κ2) is 4.15. The van der Waals surface area contributed by atoms with Crippen LogP contribution in [0.25, 0.3) is 0 Å². The third-order valence-electron chi connectivity index (χ3n) is 2.24. The van der Waals surface area contributed by atoms with Gasteiger partial charge in [-0.25, -0.2) is 4.98 Å². The molecule has 0 spiro atoms. The number of nitrogens with two attached hydrogens (primary N) is 1. The number of aromatic nitrogens is 1. The van der Waals surface area contributed by atoms with Crippen molar-refractivity contribution in [2.75, 3.05) is 18.1 Å². The van der Waals surface area contributed by atoms with Gasteiger partial charge in [0.1, 0.15) is 5.76 Å². The first-order valence-electron chi connectivity index (χ1n) is 4.62. The van der Waals surface area contributed by atoms with Crippen molar-refractivity contribution in [1.82, 2.24) is 4.98 Å². The van der Waals surface area contributed by atoms with Crippen LogP contribution in [0.3, 0.4) is 0 Å². The number of thioether (sulfide) groups is 1. The molecule has 1 saturated heterocycles. The fraction of sp³-hybridized carbons (Fsp3) is 0.667. The summed E-state index contributed by atoms with van der Waals surface area (Å²) in [5, 5.41) is 0. The molecule has 1 aromatic rings. The first-order valence-corrected chi connectivity index (χ1v) is 5.78. The van der Waals surface area contributed by atoms with Crippen LogP contribution < -0.4 is 5.73 Å². The number of rotatable bonds is 3. The largest absolute Gasteiger partial charge is 0.445 e. The number of hydrogen-bond acceptors (Lipinski definition) is 4. The predicted octanol–water partition coefficient (Wildman–Crippen LogP) is 1.40. The molecule has 2 heterocycles. The molecule has 1 fully saturated rings. The van der Waals surface area contributed by atoms with Gasteiger partial charge in [-0.1, -0.05) is 0 Å². The van der Waals surface area contributed by atoms with E-state index in [2.05, 4.69) is 4.98 Å². The van der Waals surface area contributed by atoms with Crippen LogP contribution in [0.2, 0.25) is 0 Å². The molecule has 2 N–H and O–H groups in total. The Labute approximate surface area is 82.1 Å². The van der Waals surface area contributed by atoms with Gasteiger partial charge in [0.25, 0.3) is 0 Å². The van der Waals surface area contributed by atoms with Gasteiger partial charge in [-0.3, -0.25) is 0 Å². The van der Waals surface area contributed by atoms with Crippen LogP contribution in [0.1, 0.15) is 24.0 Å². The highest BCUT2D eigenvalue weighted by Gasteiger charge is 2.21. The molecular formula is C9H14N2OS. The number of nitrogens with zero attached hydrogens (tertiary/aromatic N) is 1. The molecule has 4 heteroatoms. The molecule has 1 atom stereocenters. The van der Waals surface area contributed by atoms with E-state index >= 15 is 0 Å². The molecule has 0 bridgehead atoms. The van der Waals surface area contributed by atoms with Gasteiger partial charge in [-0.15, -0.1) is 0 Å². The maximum absolute atomic E-state index is 5.60. The maximum Gasteiger partial charge on any atom is 0.198 e. The van der Waals surface area contributed by atoms with Crippen LogP contribution in [0.5, 0.6) is 0 Å². The molecule has 0 aliphatic carbocycles. The van der Waals surface area contributed by atoms with E-state index < -0.39 is 0 Å². The molecular weight excluding hydrogens is 184 g/mol. The predicted molar refractivity (Wildman–Crippen MR) is 53.9 cm³/mol. The smallest absolute Gasteiger partial charge is 0.198 e. The monoisotopic (exact) mass is 198 g/mol. The molecule has 0 radical (unpaired) electrons. The van der Waals surface area contributed by atoms with Gasteiger partial charge in [-0.05, 0) is 18.7 Å². The quantitative estimate of drug-likeness (QED) is 0.797. The van der Waals surface area contributed by atoms with E-state index in [0.717, 1.165) is 23.8 Å². The van der Waals surface area contributed by atoms with Gasteiger partial charge >= 0.3 is 0 Å². The lowest BCUT2D eigenvalue weighted by Crippen LogP contribution is -2.01. The minimum Gasteiger partial charge on any atom is -0.445 e. The first-order chi connectivity index (χ1) is 6.40. The third-order valence-corrected chi connectivity index (χ3v) is 3.40. The highest BCUT2D eigenvalue weighted by atomic mass is 32.2. The van der Waals surface area contributed by atoms with Crippen molar-refractivity contribution in [3.8, 4) is 0 Å². The van der Waals surface area contributed by atoms with Gasteiger partial charge in [-0.2, -0.15) is 11.8 Å². The molecule has 1 aliphatic rings. The standard InChI is InChI=1S/C9H14N2OS/c10-3-1-8-5-11-9(12-8)7-2-4-13-6-7/h5,7H,1-4,6,10H2. The van der Waals surface area contributed by atoms with Gasteiger partial charge in [0.05, 0.1) is 6.20 Å². The molecule has 1 aliphatic heterocycles. The van der Waals surface area contributed by atoms with Crippen molar-refractivity contribution in [2.24, 2.45) is 5.73 Å². The minimum atomic E-state index is 0.538. The summed E-state index contributed by atoms with van der Waals surface area (Å²) in [7, 11) is 0. The van der Waals surface area contributed by atoms with Crippen LogP contribution in [-0.2, 0) is 6.42 Å². The third kappa shape index (κ3) is 2.06. The van der Waals surface area contributed by atoms with Gasteiger partial charge in [0.2, 0.25) is 0 Å². The van der Waals surface area contributed by atoms with Crippen molar-refractivity contribution >= 4 is 11.8 Å². The molecule has 1 aromatic heterocycles. The van der Waals surface area contributed by atoms with E-state index in [1.165, 1.54) is 12.2 Å². The van der Waals surface area contributed by atoms with Crippen molar-refractivity contribution in [3.05, 3.63) is 17.8 Å². The van der Waals surface area contributed by atoms with Crippen molar-refractivity contribution in [1.29, 1.82) is 0 Å². The van der Waals surface area contributed by atoms with Crippen LogP contribution >= 0.6 is 11.8 Å². The van der Waals surface area contributed by atoms with E-state index in [0.29, 0.717) is 12.5 Å². The molecule has 72 valence electrons. The Bertz CT molecular complexity index is 268. The van der Waals surface area contributed by atoms with Crippen LogP contribution in [-0.4, -0.2) is 23.0 Å². The summed E-state index contributed by atoms with van der Waals surface area (Å²) in [5.74, 6) is 4.77. The fourth-order valence-corrected chi connectivity index (χ4v) is 2.71. The van der Waals surface area contributed by atoms with Gasteiger partial charge in [0, 0.05) is 18.1 Å². The second-order valence-corrected chi connectivity index (χ2v) is 4.41. The Hall–Kier alpha value is -0.480. The Morgan fingerprint density at radius 2 is 2.62 bits per heavy atom. The number of oxazole rings is 1. The topological polar surface area (TPSA) is 52.0 Å². The Morgan fingerprint density at radius 3 is 3.31 bits per heavy atom. The molecule has 0 amide bonds. The van der Waals surface area contributed by atoms with Gasteiger partial charge in [0.15, 0.2) is 5.89 Å². The zero-order valence-electron chi connectivity index (χ0n) is 7.53. The minimum absolute atomic E-state index is 0.538. The zero-order chi connectivity index (χ0) is 9.10. The molecule has 0 saturated carbocycles. The van der Waals surface area contributed by atoms with Crippen LogP contribution in [0.15, 0.2) is 10.6 Å². The highest BCUT2D eigenvalue weighted by Crippen LogP contribution is 2.31. The molecule has 13 heavy (non-hydrogen) atoms. The normalized spacial score (nSPS) is 22.4. The summed E-state index contributed by atoms with van der Waals surface area (Å²) in [6, 6.07) is 0.